The molecule has 0 aliphatic rings. The SMILES string of the molecule is Cc1cc(N)c2nnc(COc3c(C)cccc3C)n2c1. The predicted octanol–water partition coefficient (Wildman–Crippen LogP) is 2.82. The molecule has 3 rings (SSSR count). The molecule has 3 aromatic rings. The van der Waals surface area contributed by atoms with Crippen LogP contribution in [0.5, 0.6) is 5.75 Å². The number of pyridine rings is 1. The zero-order chi connectivity index (χ0) is 15.0. The van der Waals surface area contributed by atoms with Gasteiger partial charge in [-0.25, -0.2) is 0 Å². The second-order valence-corrected chi connectivity index (χ2v) is 5.29. The summed E-state index contributed by atoms with van der Waals surface area (Å²) in [5.41, 5.74) is 10.5. The van der Waals surface area contributed by atoms with Crippen LogP contribution in [0, 0.1) is 20.8 Å². The van der Waals surface area contributed by atoms with E-state index in [4.69, 9.17) is 10.5 Å². The van der Waals surface area contributed by atoms with E-state index >= 15 is 0 Å². The third-order valence-electron chi connectivity index (χ3n) is 3.49. The normalized spacial score (nSPS) is 11.0. The van der Waals surface area contributed by atoms with Crippen molar-refractivity contribution in [2.24, 2.45) is 0 Å². The number of aryl methyl sites for hydroxylation is 3. The van der Waals surface area contributed by atoms with Crippen molar-refractivity contribution in [2.45, 2.75) is 27.4 Å². The average molecular weight is 282 g/mol. The van der Waals surface area contributed by atoms with Gasteiger partial charge in [-0.05, 0) is 43.5 Å². The highest BCUT2D eigenvalue weighted by atomic mass is 16.5. The summed E-state index contributed by atoms with van der Waals surface area (Å²) in [7, 11) is 0. The highest BCUT2D eigenvalue weighted by molar-refractivity contribution is 5.65. The van der Waals surface area contributed by atoms with Gasteiger partial charge in [-0.3, -0.25) is 4.40 Å². The standard InChI is InChI=1S/C16H18N4O/c1-10-7-13(17)16-19-18-14(20(16)8-10)9-21-15-11(2)5-4-6-12(15)3/h4-8H,9,17H2,1-3H3. The molecule has 0 unspecified atom stereocenters. The van der Waals surface area contributed by atoms with E-state index in [0.29, 0.717) is 17.9 Å². The summed E-state index contributed by atoms with van der Waals surface area (Å²) < 4.78 is 7.82. The van der Waals surface area contributed by atoms with E-state index in [0.717, 1.165) is 28.3 Å². The molecule has 0 aliphatic heterocycles. The van der Waals surface area contributed by atoms with Gasteiger partial charge in [0.15, 0.2) is 11.5 Å². The highest BCUT2D eigenvalue weighted by Crippen LogP contribution is 2.23. The first-order valence-corrected chi connectivity index (χ1v) is 6.85. The molecule has 1 aromatic carbocycles. The van der Waals surface area contributed by atoms with Crippen molar-refractivity contribution < 1.29 is 4.74 Å². The van der Waals surface area contributed by atoms with Gasteiger partial charge in [-0.2, -0.15) is 0 Å². The van der Waals surface area contributed by atoms with Crippen molar-refractivity contribution in [3.05, 3.63) is 53.0 Å². The van der Waals surface area contributed by atoms with Crippen molar-refractivity contribution in [2.75, 3.05) is 5.73 Å². The van der Waals surface area contributed by atoms with E-state index < -0.39 is 0 Å². The molecule has 2 N–H and O–H groups in total. The summed E-state index contributed by atoms with van der Waals surface area (Å²) in [6, 6.07) is 7.98. The summed E-state index contributed by atoms with van der Waals surface area (Å²) in [5.74, 6) is 1.64. The molecule has 5 heteroatoms. The smallest absolute Gasteiger partial charge is 0.184 e. The fourth-order valence-corrected chi connectivity index (χ4v) is 2.47. The number of para-hydroxylation sites is 1. The van der Waals surface area contributed by atoms with Crippen LogP contribution in [0.3, 0.4) is 0 Å². The number of rotatable bonds is 3. The quantitative estimate of drug-likeness (QED) is 0.802. The van der Waals surface area contributed by atoms with E-state index in [-0.39, 0.29) is 0 Å². The summed E-state index contributed by atoms with van der Waals surface area (Å²) in [6.07, 6.45) is 1.97. The highest BCUT2D eigenvalue weighted by Gasteiger charge is 2.11. The van der Waals surface area contributed by atoms with E-state index in [1.54, 1.807) is 0 Å². The molecule has 0 fully saturated rings. The molecule has 0 amide bonds. The molecule has 2 heterocycles. The second-order valence-electron chi connectivity index (χ2n) is 5.29. The Morgan fingerprint density at radius 1 is 1.14 bits per heavy atom. The Hall–Kier alpha value is -2.56. The Morgan fingerprint density at radius 2 is 1.86 bits per heavy atom. The van der Waals surface area contributed by atoms with Gasteiger partial charge in [0.05, 0.1) is 5.69 Å². The van der Waals surface area contributed by atoms with Gasteiger partial charge in [0.2, 0.25) is 0 Å². The number of hydrogen-bond donors (Lipinski definition) is 1. The molecule has 5 nitrogen and oxygen atoms in total. The van der Waals surface area contributed by atoms with E-state index in [2.05, 4.69) is 10.2 Å². The van der Waals surface area contributed by atoms with Gasteiger partial charge in [0, 0.05) is 6.20 Å². The number of nitrogens with zero attached hydrogens (tertiary/aromatic N) is 3. The van der Waals surface area contributed by atoms with Gasteiger partial charge in [0.25, 0.3) is 0 Å². The number of ether oxygens (including phenoxy) is 1. The predicted molar refractivity (Wildman–Crippen MR) is 82.4 cm³/mol. The van der Waals surface area contributed by atoms with Crippen LogP contribution in [0.25, 0.3) is 5.65 Å². The monoisotopic (exact) mass is 282 g/mol. The summed E-state index contributed by atoms with van der Waals surface area (Å²) >= 11 is 0. The van der Waals surface area contributed by atoms with Crippen LogP contribution in [0.2, 0.25) is 0 Å². The fourth-order valence-electron chi connectivity index (χ4n) is 2.47. The van der Waals surface area contributed by atoms with Crippen LogP contribution in [0.4, 0.5) is 5.69 Å². The first-order chi connectivity index (χ1) is 10.1. The molecule has 0 radical (unpaired) electrons. The molecular formula is C16H18N4O. The van der Waals surface area contributed by atoms with Crippen LogP contribution in [0.15, 0.2) is 30.5 Å². The van der Waals surface area contributed by atoms with Gasteiger partial charge < -0.3 is 10.5 Å². The molecule has 0 saturated heterocycles. The number of hydrogen-bond acceptors (Lipinski definition) is 4. The molecule has 0 aliphatic carbocycles. The molecule has 2 aromatic heterocycles. The van der Waals surface area contributed by atoms with Crippen molar-refractivity contribution in [1.82, 2.24) is 14.6 Å². The molecule has 108 valence electrons. The maximum Gasteiger partial charge on any atom is 0.184 e. The van der Waals surface area contributed by atoms with Crippen LogP contribution < -0.4 is 10.5 Å². The minimum absolute atomic E-state index is 0.357. The maximum absolute atomic E-state index is 5.96. The largest absolute Gasteiger partial charge is 0.485 e. The topological polar surface area (TPSA) is 65.4 Å². The number of nitrogen functional groups attached to an aromatic ring is 1. The zero-order valence-electron chi connectivity index (χ0n) is 12.4. The average Bonchev–Trinajstić information content (AvgIpc) is 2.81. The third-order valence-corrected chi connectivity index (χ3v) is 3.49. The van der Waals surface area contributed by atoms with E-state index in [1.807, 2.05) is 55.6 Å². The van der Waals surface area contributed by atoms with Gasteiger partial charge >= 0.3 is 0 Å². The lowest BCUT2D eigenvalue weighted by Crippen LogP contribution is -2.04. The van der Waals surface area contributed by atoms with Gasteiger partial charge in [0.1, 0.15) is 12.4 Å². The molecule has 0 saturated carbocycles. The van der Waals surface area contributed by atoms with Crippen molar-refractivity contribution in [3.63, 3.8) is 0 Å². The minimum atomic E-state index is 0.357. The number of fused-ring (bicyclic) bond motifs is 1. The van der Waals surface area contributed by atoms with Crippen molar-refractivity contribution >= 4 is 11.3 Å². The van der Waals surface area contributed by atoms with Crippen LogP contribution in [-0.4, -0.2) is 14.6 Å². The molecular weight excluding hydrogens is 264 g/mol. The van der Waals surface area contributed by atoms with Crippen molar-refractivity contribution in [1.29, 1.82) is 0 Å². The van der Waals surface area contributed by atoms with Crippen LogP contribution in [0.1, 0.15) is 22.5 Å². The Labute approximate surface area is 123 Å². The Balaban J connectivity index is 1.93. The molecule has 0 bridgehead atoms. The fraction of sp³-hybridized carbons (Fsp3) is 0.250. The molecule has 21 heavy (non-hydrogen) atoms. The lowest BCUT2D eigenvalue weighted by Gasteiger charge is -2.11. The molecule has 0 atom stereocenters. The maximum atomic E-state index is 5.96. The van der Waals surface area contributed by atoms with Crippen molar-refractivity contribution in [3.8, 4) is 5.75 Å². The van der Waals surface area contributed by atoms with Gasteiger partial charge in [-0.1, -0.05) is 18.2 Å². The van der Waals surface area contributed by atoms with E-state index in [9.17, 15) is 0 Å². The lowest BCUT2D eigenvalue weighted by atomic mass is 10.1. The molecule has 0 spiro atoms. The van der Waals surface area contributed by atoms with Crippen LogP contribution >= 0.6 is 0 Å². The summed E-state index contributed by atoms with van der Waals surface area (Å²) in [4.78, 5) is 0. The Morgan fingerprint density at radius 3 is 2.57 bits per heavy atom. The third kappa shape index (κ3) is 2.42. The van der Waals surface area contributed by atoms with Crippen LogP contribution in [-0.2, 0) is 6.61 Å². The minimum Gasteiger partial charge on any atom is -0.485 e. The number of benzene rings is 1. The lowest BCUT2D eigenvalue weighted by molar-refractivity contribution is 0.290. The van der Waals surface area contributed by atoms with Gasteiger partial charge in [-0.15, -0.1) is 10.2 Å². The second kappa shape index (κ2) is 5.09. The Bertz CT molecular complexity index is 787. The first-order valence-electron chi connectivity index (χ1n) is 6.85. The summed E-state index contributed by atoms with van der Waals surface area (Å²) in [5, 5.41) is 8.30. The number of anilines is 1. The first kappa shape index (κ1) is 13.4. The number of aromatic nitrogens is 3. The Kier molecular flexibility index (Phi) is 3.25. The van der Waals surface area contributed by atoms with E-state index in [1.165, 1.54) is 0 Å². The zero-order valence-corrected chi connectivity index (χ0v) is 12.4. The number of nitrogens with two attached hydrogens (primary N) is 1. The summed E-state index contributed by atoms with van der Waals surface area (Å²) in [6.45, 7) is 6.42.